The molecule has 4 nitrogen and oxygen atoms in total. The maximum atomic E-state index is 4.57. The molecule has 0 unspecified atom stereocenters. The molecule has 26 heavy (non-hydrogen) atoms. The van der Waals surface area contributed by atoms with E-state index in [1.807, 2.05) is 30.3 Å². The summed E-state index contributed by atoms with van der Waals surface area (Å²) in [5, 5.41) is 5.73. The van der Waals surface area contributed by atoms with Gasteiger partial charge in [0.2, 0.25) is 0 Å². The number of hydrogen-bond acceptors (Lipinski definition) is 3. The van der Waals surface area contributed by atoms with Crippen LogP contribution in [0.3, 0.4) is 0 Å². The molecule has 1 fully saturated rings. The average molecular weight is 346 g/mol. The van der Waals surface area contributed by atoms with Crippen LogP contribution >= 0.6 is 0 Å². The van der Waals surface area contributed by atoms with E-state index in [0.29, 0.717) is 5.92 Å². The topological polar surface area (TPSA) is 42.7 Å². The van der Waals surface area contributed by atoms with Crippen molar-refractivity contribution in [2.75, 3.05) is 5.32 Å². The Balaban J connectivity index is 1.63. The van der Waals surface area contributed by atoms with E-state index < -0.39 is 0 Å². The van der Waals surface area contributed by atoms with Crippen molar-refractivity contribution in [3.63, 3.8) is 0 Å². The summed E-state index contributed by atoms with van der Waals surface area (Å²) in [5.41, 5.74) is 3.83. The first-order chi connectivity index (χ1) is 12.2. The molecule has 4 rings (SSSR count). The third kappa shape index (κ3) is 2.44. The minimum atomic E-state index is 0.265. The smallest absolute Gasteiger partial charge is 0.130 e. The molecule has 2 aromatic heterocycles. The molecule has 4 heteroatoms. The molecule has 0 atom stereocenters. The lowest BCUT2D eigenvalue weighted by Crippen LogP contribution is -2.05. The second-order valence-corrected chi connectivity index (χ2v) is 8.55. The molecule has 1 aliphatic carbocycles. The highest BCUT2D eigenvalue weighted by atomic mass is 15.0. The summed E-state index contributed by atoms with van der Waals surface area (Å²) in [7, 11) is 2.01. The monoisotopic (exact) mass is 346 g/mol. The molecule has 0 bridgehead atoms. The fourth-order valence-electron chi connectivity index (χ4n) is 4.31. The lowest BCUT2D eigenvalue weighted by Gasteiger charge is -2.12. The third-order valence-electron chi connectivity index (χ3n) is 6.49. The molecule has 1 aliphatic rings. The number of aryl methyl sites for hydroxylation is 1. The molecular weight excluding hydrogens is 320 g/mol. The second-order valence-electron chi connectivity index (χ2n) is 8.55. The van der Waals surface area contributed by atoms with Gasteiger partial charge in [-0.1, -0.05) is 46.4 Å². The van der Waals surface area contributed by atoms with Crippen molar-refractivity contribution in [1.82, 2.24) is 14.5 Å². The van der Waals surface area contributed by atoms with E-state index in [9.17, 15) is 0 Å². The van der Waals surface area contributed by atoms with Gasteiger partial charge in [-0.05, 0) is 28.3 Å². The van der Waals surface area contributed by atoms with Gasteiger partial charge in [0.1, 0.15) is 5.82 Å². The number of allylic oxidation sites excluding steroid dienone is 1. The molecule has 0 spiro atoms. The summed E-state index contributed by atoms with van der Waals surface area (Å²) >= 11 is 0. The maximum Gasteiger partial charge on any atom is 0.130 e. The lowest BCUT2D eigenvalue weighted by molar-refractivity contribution is 0.457. The Kier molecular flexibility index (Phi) is 3.52. The number of imidazole rings is 1. The molecule has 1 aromatic carbocycles. The van der Waals surface area contributed by atoms with Gasteiger partial charge in [0, 0.05) is 35.8 Å². The van der Waals surface area contributed by atoms with Crippen molar-refractivity contribution in [2.24, 2.45) is 23.8 Å². The number of anilines is 1. The Morgan fingerprint density at radius 2 is 1.81 bits per heavy atom. The molecule has 1 saturated carbocycles. The molecule has 0 radical (unpaired) electrons. The zero-order chi connectivity index (χ0) is 18.7. The van der Waals surface area contributed by atoms with E-state index in [0.717, 1.165) is 33.5 Å². The molecule has 1 N–H and O–H groups in total. The zero-order valence-electron chi connectivity index (χ0n) is 16.2. The SMILES string of the molecule is C=C(Nc1cc2cc(-c3cncn3C)ccc2cn1)C1C(C)(C)C1(C)C. The summed E-state index contributed by atoms with van der Waals surface area (Å²) in [6, 6.07) is 8.51. The number of fused-ring (bicyclic) bond motifs is 1. The summed E-state index contributed by atoms with van der Waals surface area (Å²) in [6.07, 6.45) is 5.63. The van der Waals surface area contributed by atoms with Crippen LogP contribution in [-0.4, -0.2) is 14.5 Å². The average Bonchev–Trinajstić information content (AvgIpc) is 2.86. The first-order valence-corrected chi connectivity index (χ1v) is 9.04. The van der Waals surface area contributed by atoms with E-state index in [1.54, 1.807) is 0 Å². The van der Waals surface area contributed by atoms with Gasteiger partial charge >= 0.3 is 0 Å². The quantitative estimate of drug-likeness (QED) is 0.702. The highest BCUT2D eigenvalue weighted by Crippen LogP contribution is 2.70. The van der Waals surface area contributed by atoms with Gasteiger partial charge in [-0.3, -0.25) is 0 Å². The minimum Gasteiger partial charge on any atom is -0.344 e. The second kappa shape index (κ2) is 5.44. The number of pyridine rings is 1. The lowest BCUT2D eigenvalue weighted by atomic mass is 10.0. The predicted molar refractivity (Wildman–Crippen MR) is 108 cm³/mol. The summed E-state index contributed by atoms with van der Waals surface area (Å²) < 4.78 is 2.03. The van der Waals surface area contributed by atoms with E-state index in [-0.39, 0.29) is 10.8 Å². The Morgan fingerprint density at radius 1 is 1.08 bits per heavy atom. The van der Waals surface area contributed by atoms with Crippen LogP contribution in [0.5, 0.6) is 0 Å². The number of nitrogens with one attached hydrogen (secondary N) is 1. The Hall–Kier alpha value is -2.62. The van der Waals surface area contributed by atoms with Crippen LogP contribution in [0.25, 0.3) is 22.0 Å². The number of aromatic nitrogens is 3. The molecular formula is C22H26N4. The van der Waals surface area contributed by atoms with Crippen LogP contribution in [0.15, 0.2) is 55.3 Å². The van der Waals surface area contributed by atoms with Gasteiger partial charge in [0.25, 0.3) is 0 Å². The highest BCUT2D eigenvalue weighted by molar-refractivity contribution is 5.88. The highest BCUT2D eigenvalue weighted by Gasteiger charge is 2.65. The van der Waals surface area contributed by atoms with Gasteiger partial charge in [-0.25, -0.2) is 9.97 Å². The zero-order valence-corrected chi connectivity index (χ0v) is 16.2. The molecule has 0 amide bonds. The summed E-state index contributed by atoms with van der Waals surface area (Å²) in [4.78, 5) is 8.79. The fourth-order valence-corrected chi connectivity index (χ4v) is 4.31. The van der Waals surface area contributed by atoms with Crippen LogP contribution in [-0.2, 0) is 7.05 Å². The van der Waals surface area contributed by atoms with Gasteiger partial charge in [0.15, 0.2) is 0 Å². The molecule has 2 heterocycles. The summed E-state index contributed by atoms with van der Waals surface area (Å²) in [5.74, 6) is 1.30. The maximum absolute atomic E-state index is 4.57. The van der Waals surface area contributed by atoms with Crippen molar-refractivity contribution in [3.05, 3.63) is 55.3 Å². The molecule has 0 aliphatic heterocycles. The van der Waals surface area contributed by atoms with E-state index >= 15 is 0 Å². The van der Waals surface area contributed by atoms with Crippen molar-refractivity contribution >= 4 is 16.6 Å². The van der Waals surface area contributed by atoms with Crippen molar-refractivity contribution in [1.29, 1.82) is 0 Å². The van der Waals surface area contributed by atoms with E-state index in [4.69, 9.17) is 0 Å². The number of rotatable bonds is 4. The van der Waals surface area contributed by atoms with Crippen LogP contribution in [0, 0.1) is 16.7 Å². The van der Waals surface area contributed by atoms with E-state index in [2.05, 4.69) is 73.8 Å². The van der Waals surface area contributed by atoms with Crippen molar-refractivity contribution in [3.8, 4) is 11.3 Å². The van der Waals surface area contributed by atoms with E-state index in [1.165, 1.54) is 0 Å². The molecule has 3 aromatic rings. The predicted octanol–water partition coefficient (Wildman–Crippen LogP) is 5.24. The Bertz CT molecular complexity index is 996. The number of nitrogens with zero attached hydrogens (tertiary/aromatic N) is 3. The Labute approximate surface area is 155 Å². The van der Waals surface area contributed by atoms with Gasteiger partial charge < -0.3 is 9.88 Å². The van der Waals surface area contributed by atoms with Crippen LogP contribution < -0.4 is 5.32 Å². The minimum absolute atomic E-state index is 0.265. The standard InChI is InChI=1S/C22H26N4/c1-14(20-21(2,3)22(20,4)5)25-19-10-17-9-15(7-8-16(17)11-24-19)18-12-23-13-26(18)6/h7-13,20H,1H2,2-6H3,(H,24,25). The largest absolute Gasteiger partial charge is 0.344 e. The van der Waals surface area contributed by atoms with Crippen molar-refractivity contribution in [2.45, 2.75) is 27.7 Å². The first kappa shape index (κ1) is 16.8. The van der Waals surface area contributed by atoms with Crippen LogP contribution in [0.4, 0.5) is 5.82 Å². The van der Waals surface area contributed by atoms with Crippen LogP contribution in [0.1, 0.15) is 27.7 Å². The Morgan fingerprint density at radius 3 is 2.42 bits per heavy atom. The van der Waals surface area contributed by atoms with Crippen LogP contribution in [0.2, 0.25) is 0 Å². The normalized spacial score (nSPS) is 18.0. The van der Waals surface area contributed by atoms with Gasteiger partial charge in [0.05, 0.1) is 18.2 Å². The van der Waals surface area contributed by atoms with Gasteiger partial charge in [-0.2, -0.15) is 0 Å². The third-order valence-corrected chi connectivity index (χ3v) is 6.49. The first-order valence-electron chi connectivity index (χ1n) is 9.04. The molecule has 134 valence electrons. The summed E-state index contributed by atoms with van der Waals surface area (Å²) in [6.45, 7) is 13.5. The fraction of sp³-hybridized carbons (Fsp3) is 0.364. The molecule has 0 saturated heterocycles. The number of hydrogen-bond donors (Lipinski definition) is 1. The van der Waals surface area contributed by atoms with Crippen molar-refractivity contribution < 1.29 is 0 Å². The number of benzene rings is 1. The van der Waals surface area contributed by atoms with Gasteiger partial charge in [-0.15, -0.1) is 0 Å².